The van der Waals surface area contributed by atoms with Gasteiger partial charge in [0, 0.05) is 6.04 Å². The second-order valence-electron chi connectivity index (χ2n) is 6.51. The number of hydrogen-bond donors (Lipinski definition) is 1. The van der Waals surface area contributed by atoms with Crippen molar-refractivity contribution in [2.45, 2.75) is 38.1 Å². The molecule has 0 unspecified atom stereocenters. The molecule has 1 N–H and O–H groups in total. The number of benzene rings is 1. The van der Waals surface area contributed by atoms with Gasteiger partial charge in [0.1, 0.15) is 0 Å². The number of hydrazone groups is 1. The van der Waals surface area contributed by atoms with E-state index in [4.69, 9.17) is 9.47 Å². The number of carbonyl (C=O) groups is 1. The van der Waals surface area contributed by atoms with Gasteiger partial charge in [-0.15, -0.1) is 0 Å². The maximum Gasteiger partial charge on any atom is 0.255 e. The molecule has 1 amide bonds. The summed E-state index contributed by atoms with van der Waals surface area (Å²) in [6.07, 6.45) is 7.25. The Hall–Kier alpha value is -2.13. The molecule has 8 nitrogen and oxygen atoms in total. The molecule has 0 spiro atoms. The fourth-order valence-corrected chi connectivity index (χ4v) is 4.28. The van der Waals surface area contributed by atoms with Crippen molar-refractivity contribution in [2.24, 2.45) is 5.10 Å². The van der Waals surface area contributed by atoms with Crippen molar-refractivity contribution in [3.05, 3.63) is 23.8 Å². The van der Waals surface area contributed by atoms with E-state index < -0.39 is 15.9 Å². The van der Waals surface area contributed by atoms with Crippen molar-refractivity contribution < 1.29 is 22.7 Å². The van der Waals surface area contributed by atoms with Crippen molar-refractivity contribution in [1.82, 2.24) is 9.73 Å². The van der Waals surface area contributed by atoms with Crippen LogP contribution >= 0.6 is 0 Å². The Morgan fingerprint density at radius 1 is 1.22 bits per heavy atom. The molecule has 2 rings (SSSR count). The van der Waals surface area contributed by atoms with Gasteiger partial charge < -0.3 is 9.47 Å². The zero-order valence-corrected chi connectivity index (χ0v) is 16.8. The molecular weight excluding hydrogens is 370 g/mol. The van der Waals surface area contributed by atoms with Gasteiger partial charge in [-0.05, 0) is 36.6 Å². The molecule has 1 saturated carbocycles. The van der Waals surface area contributed by atoms with E-state index in [1.54, 1.807) is 25.3 Å². The van der Waals surface area contributed by atoms with Crippen LogP contribution in [0.15, 0.2) is 23.3 Å². The van der Waals surface area contributed by atoms with Crippen molar-refractivity contribution >= 4 is 22.1 Å². The predicted octanol–water partition coefficient (Wildman–Crippen LogP) is 1.75. The summed E-state index contributed by atoms with van der Waals surface area (Å²) in [6.45, 7) is -0.229. The number of methoxy groups -OCH3 is 2. The van der Waals surface area contributed by atoms with Gasteiger partial charge in [-0.25, -0.2) is 13.8 Å². The molecule has 0 saturated heterocycles. The van der Waals surface area contributed by atoms with Crippen LogP contribution in [0.5, 0.6) is 11.5 Å². The van der Waals surface area contributed by atoms with Gasteiger partial charge in [-0.1, -0.05) is 19.3 Å². The largest absolute Gasteiger partial charge is 0.493 e. The molecule has 9 heteroatoms. The highest BCUT2D eigenvalue weighted by Gasteiger charge is 2.29. The number of sulfonamides is 1. The van der Waals surface area contributed by atoms with E-state index in [0.717, 1.165) is 38.4 Å². The van der Waals surface area contributed by atoms with Gasteiger partial charge in [-0.2, -0.15) is 9.41 Å². The van der Waals surface area contributed by atoms with Crippen molar-refractivity contribution in [2.75, 3.05) is 27.0 Å². The molecule has 1 aromatic carbocycles. The summed E-state index contributed by atoms with van der Waals surface area (Å²) < 4.78 is 35.8. The Balaban J connectivity index is 1.98. The quantitative estimate of drug-likeness (QED) is 0.532. The molecule has 0 aromatic heterocycles. The normalized spacial score (nSPS) is 15.9. The lowest BCUT2D eigenvalue weighted by atomic mass is 9.95. The lowest BCUT2D eigenvalue weighted by Crippen LogP contribution is -2.45. The van der Waals surface area contributed by atoms with Crippen molar-refractivity contribution in [3.8, 4) is 11.5 Å². The third kappa shape index (κ3) is 6.21. The average molecular weight is 397 g/mol. The first-order valence-electron chi connectivity index (χ1n) is 8.86. The lowest BCUT2D eigenvalue weighted by molar-refractivity contribution is -0.121. The van der Waals surface area contributed by atoms with Gasteiger partial charge in [0.05, 0.1) is 33.2 Å². The number of nitrogens with zero attached hydrogens (tertiary/aromatic N) is 2. The van der Waals surface area contributed by atoms with Gasteiger partial charge >= 0.3 is 0 Å². The highest BCUT2D eigenvalue weighted by Crippen LogP contribution is 2.27. The zero-order valence-electron chi connectivity index (χ0n) is 16.0. The van der Waals surface area contributed by atoms with Crippen LogP contribution in [-0.2, 0) is 14.8 Å². The average Bonchev–Trinajstić information content (AvgIpc) is 2.65. The van der Waals surface area contributed by atoms with Crippen LogP contribution in [0.25, 0.3) is 0 Å². The summed E-state index contributed by atoms with van der Waals surface area (Å²) in [5, 5.41) is 3.91. The van der Waals surface area contributed by atoms with Crippen LogP contribution < -0.4 is 14.9 Å². The molecule has 0 radical (unpaired) electrons. The number of carbonyl (C=O) groups excluding carboxylic acids is 1. The minimum Gasteiger partial charge on any atom is -0.493 e. The molecular formula is C18H27N3O5S. The van der Waals surface area contributed by atoms with Gasteiger partial charge in [0.15, 0.2) is 11.5 Å². The number of nitrogens with one attached hydrogen (secondary N) is 1. The standard InChI is InChI=1S/C18H27N3O5S/c1-25-16-10-9-14(11-17(16)26-2)12-19-20-18(22)13-21(27(3,23)24)15-7-5-4-6-8-15/h9-12,15H,4-8,13H2,1-3H3,(H,20,22). The highest BCUT2D eigenvalue weighted by molar-refractivity contribution is 7.88. The molecule has 1 fully saturated rings. The number of amides is 1. The Labute approximate surface area is 160 Å². The smallest absolute Gasteiger partial charge is 0.255 e. The van der Waals surface area contributed by atoms with E-state index in [2.05, 4.69) is 10.5 Å². The van der Waals surface area contributed by atoms with E-state index in [9.17, 15) is 13.2 Å². The van der Waals surface area contributed by atoms with Gasteiger partial charge in [-0.3, -0.25) is 4.79 Å². The van der Waals surface area contributed by atoms with E-state index in [1.807, 2.05) is 0 Å². The van der Waals surface area contributed by atoms with Crippen LogP contribution in [0, 0.1) is 0 Å². The molecule has 1 aliphatic rings. The van der Waals surface area contributed by atoms with E-state index >= 15 is 0 Å². The summed E-state index contributed by atoms with van der Waals surface area (Å²) in [5.41, 5.74) is 3.10. The number of hydrogen-bond acceptors (Lipinski definition) is 6. The summed E-state index contributed by atoms with van der Waals surface area (Å²) in [7, 11) is -0.383. The van der Waals surface area contributed by atoms with Crippen molar-refractivity contribution in [3.63, 3.8) is 0 Å². The Kier molecular flexibility index (Phi) is 7.61. The topological polar surface area (TPSA) is 97.3 Å². The number of ether oxygens (including phenoxy) is 2. The molecule has 0 heterocycles. The Morgan fingerprint density at radius 3 is 2.48 bits per heavy atom. The van der Waals surface area contributed by atoms with E-state index in [0.29, 0.717) is 17.1 Å². The number of rotatable bonds is 8. The third-order valence-electron chi connectivity index (χ3n) is 4.52. The fraction of sp³-hybridized carbons (Fsp3) is 0.556. The first-order chi connectivity index (χ1) is 12.8. The van der Waals surface area contributed by atoms with Crippen LogP contribution in [-0.4, -0.2) is 57.9 Å². The second kappa shape index (κ2) is 9.70. The third-order valence-corrected chi connectivity index (χ3v) is 5.80. The lowest BCUT2D eigenvalue weighted by Gasteiger charge is -2.31. The van der Waals surface area contributed by atoms with Crippen molar-refractivity contribution in [1.29, 1.82) is 0 Å². The maximum atomic E-state index is 12.2. The predicted molar refractivity (Wildman–Crippen MR) is 104 cm³/mol. The SMILES string of the molecule is COc1ccc(C=NNC(=O)CN(C2CCCCC2)S(C)(=O)=O)cc1OC. The molecule has 0 atom stereocenters. The van der Waals surface area contributed by atoms with Crippen LogP contribution in [0.3, 0.4) is 0 Å². The van der Waals surface area contributed by atoms with Crippen LogP contribution in [0.2, 0.25) is 0 Å². The van der Waals surface area contributed by atoms with E-state index in [-0.39, 0.29) is 12.6 Å². The Morgan fingerprint density at radius 2 is 1.89 bits per heavy atom. The minimum absolute atomic E-state index is 0.116. The monoisotopic (exact) mass is 397 g/mol. The van der Waals surface area contributed by atoms with Crippen LogP contribution in [0.4, 0.5) is 0 Å². The van der Waals surface area contributed by atoms with Gasteiger partial charge in [0.25, 0.3) is 5.91 Å². The highest BCUT2D eigenvalue weighted by atomic mass is 32.2. The molecule has 1 aliphatic carbocycles. The summed E-state index contributed by atoms with van der Waals surface area (Å²) >= 11 is 0. The van der Waals surface area contributed by atoms with Crippen LogP contribution in [0.1, 0.15) is 37.7 Å². The minimum atomic E-state index is -3.46. The second-order valence-corrected chi connectivity index (χ2v) is 8.44. The fourth-order valence-electron chi connectivity index (χ4n) is 3.17. The molecule has 27 heavy (non-hydrogen) atoms. The molecule has 0 bridgehead atoms. The van der Waals surface area contributed by atoms with Gasteiger partial charge in [0.2, 0.25) is 10.0 Å². The summed E-state index contributed by atoms with van der Waals surface area (Å²) in [5.74, 6) is 0.672. The first-order valence-corrected chi connectivity index (χ1v) is 10.7. The molecule has 150 valence electrons. The molecule has 1 aromatic rings. The zero-order chi connectivity index (χ0) is 19.9. The first kappa shape index (κ1) is 21.2. The molecule has 0 aliphatic heterocycles. The maximum absolute atomic E-state index is 12.2. The Bertz CT molecular complexity index is 773. The van der Waals surface area contributed by atoms with E-state index in [1.165, 1.54) is 17.6 Å². The summed E-state index contributed by atoms with van der Waals surface area (Å²) in [6, 6.07) is 5.10. The summed E-state index contributed by atoms with van der Waals surface area (Å²) in [4.78, 5) is 12.2.